The Hall–Kier alpha value is 0.01000. The van der Waals surface area contributed by atoms with Gasteiger partial charge in [0.2, 0.25) is 0 Å². The van der Waals surface area contributed by atoms with Crippen molar-refractivity contribution < 1.29 is 0 Å². The van der Waals surface area contributed by atoms with Crippen LogP contribution in [-0.2, 0) is 0 Å². The SMILES string of the molecule is C=C(C)C(NC)C1CSCCN1C. The molecule has 0 aromatic carbocycles. The summed E-state index contributed by atoms with van der Waals surface area (Å²) in [7, 11) is 4.23. The minimum atomic E-state index is 0.442. The molecular formula is C10H20N2S. The number of hydrogen-bond acceptors (Lipinski definition) is 3. The number of hydrogen-bond donors (Lipinski definition) is 1. The maximum Gasteiger partial charge on any atom is 0.0437 e. The predicted molar refractivity (Wildman–Crippen MR) is 61.4 cm³/mol. The zero-order chi connectivity index (χ0) is 9.84. The van der Waals surface area contributed by atoms with E-state index in [1.54, 1.807) is 0 Å². The first kappa shape index (κ1) is 11.1. The number of likely N-dealkylation sites (N-methyl/N-ethyl adjacent to an activating group) is 2. The van der Waals surface area contributed by atoms with Gasteiger partial charge in [0.05, 0.1) is 0 Å². The van der Waals surface area contributed by atoms with Crippen LogP contribution in [0.3, 0.4) is 0 Å². The smallest absolute Gasteiger partial charge is 0.0437 e. The molecule has 0 aromatic heterocycles. The molecule has 1 heterocycles. The Morgan fingerprint density at radius 1 is 1.69 bits per heavy atom. The third-order valence-electron chi connectivity index (χ3n) is 2.67. The van der Waals surface area contributed by atoms with Crippen LogP contribution in [0.1, 0.15) is 6.92 Å². The molecule has 1 saturated heterocycles. The molecule has 0 aromatic rings. The molecule has 1 N–H and O–H groups in total. The van der Waals surface area contributed by atoms with Crippen LogP contribution in [0, 0.1) is 0 Å². The van der Waals surface area contributed by atoms with E-state index in [1.165, 1.54) is 23.6 Å². The number of nitrogens with zero attached hydrogens (tertiary/aromatic N) is 1. The Bertz CT molecular complexity index is 182. The van der Waals surface area contributed by atoms with Gasteiger partial charge in [-0.3, -0.25) is 4.90 Å². The number of thioether (sulfide) groups is 1. The first-order valence-electron chi connectivity index (χ1n) is 4.77. The average molecular weight is 200 g/mol. The molecule has 0 spiro atoms. The summed E-state index contributed by atoms with van der Waals surface area (Å²) in [5.74, 6) is 2.48. The molecule has 1 fully saturated rings. The summed E-state index contributed by atoms with van der Waals surface area (Å²) in [6.45, 7) is 7.34. The van der Waals surface area contributed by atoms with Gasteiger partial charge in [0.25, 0.3) is 0 Å². The van der Waals surface area contributed by atoms with Crippen molar-refractivity contribution >= 4 is 11.8 Å². The fraction of sp³-hybridized carbons (Fsp3) is 0.800. The fourth-order valence-electron chi connectivity index (χ4n) is 1.82. The molecule has 3 heteroatoms. The Labute approximate surface area is 85.8 Å². The molecule has 0 aliphatic carbocycles. The fourth-order valence-corrected chi connectivity index (χ4v) is 3.10. The lowest BCUT2D eigenvalue weighted by Crippen LogP contribution is -2.52. The third kappa shape index (κ3) is 2.73. The number of rotatable bonds is 3. The van der Waals surface area contributed by atoms with Crippen molar-refractivity contribution in [2.75, 3.05) is 32.1 Å². The Morgan fingerprint density at radius 3 is 2.85 bits per heavy atom. The van der Waals surface area contributed by atoms with Gasteiger partial charge in [0.1, 0.15) is 0 Å². The quantitative estimate of drug-likeness (QED) is 0.689. The molecule has 1 aliphatic rings. The first-order valence-corrected chi connectivity index (χ1v) is 5.93. The predicted octanol–water partition coefficient (Wildman–Crippen LogP) is 1.20. The van der Waals surface area contributed by atoms with Crippen molar-refractivity contribution in [2.24, 2.45) is 0 Å². The van der Waals surface area contributed by atoms with E-state index in [4.69, 9.17) is 0 Å². The minimum Gasteiger partial charge on any atom is -0.312 e. The van der Waals surface area contributed by atoms with Crippen molar-refractivity contribution in [3.8, 4) is 0 Å². The van der Waals surface area contributed by atoms with Crippen LogP contribution in [0.4, 0.5) is 0 Å². The van der Waals surface area contributed by atoms with Crippen molar-refractivity contribution in [1.82, 2.24) is 10.2 Å². The van der Waals surface area contributed by atoms with Crippen molar-refractivity contribution in [1.29, 1.82) is 0 Å². The summed E-state index contributed by atoms with van der Waals surface area (Å²) in [6.07, 6.45) is 0. The Balaban J connectivity index is 2.60. The van der Waals surface area contributed by atoms with Crippen LogP contribution < -0.4 is 5.32 Å². The monoisotopic (exact) mass is 200 g/mol. The lowest BCUT2D eigenvalue weighted by Gasteiger charge is -2.37. The summed E-state index contributed by atoms with van der Waals surface area (Å²) in [5.41, 5.74) is 1.24. The zero-order valence-corrected chi connectivity index (χ0v) is 9.66. The molecule has 13 heavy (non-hydrogen) atoms. The topological polar surface area (TPSA) is 15.3 Å². The zero-order valence-electron chi connectivity index (χ0n) is 8.84. The van der Waals surface area contributed by atoms with Gasteiger partial charge in [-0.1, -0.05) is 12.2 Å². The van der Waals surface area contributed by atoms with Crippen LogP contribution in [0.2, 0.25) is 0 Å². The standard InChI is InChI=1S/C10H20N2S/c1-8(2)10(11-3)9-7-13-6-5-12(9)4/h9-11H,1,5-7H2,2-4H3. The summed E-state index contributed by atoms with van der Waals surface area (Å²) < 4.78 is 0. The summed E-state index contributed by atoms with van der Waals surface area (Å²) in [4.78, 5) is 2.44. The lowest BCUT2D eigenvalue weighted by molar-refractivity contribution is 0.235. The van der Waals surface area contributed by atoms with E-state index >= 15 is 0 Å². The number of nitrogens with one attached hydrogen (secondary N) is 1. The van der Waals surface area contributed by atoms with Gasteiger partial charge in [0, 0.05) is 30.1 Å². The normalized spacial score (nSPS) is 27.2. The molecule has 0 amide bonds. The van der Waals surface area contributed by atoms with E-state index in [-0.39, 0.29) is 0 Å². The molecule has 1 aliphatic heterocycles. The van der Waals surface area contributed by atoms with E-state index in [2.05, 4.69) is 30.8 Å². The van der Waals surface area contributed by atoms with E-state index in [0.29, 0.717) is 12.1 Å². The van der Waals surface area contributed by atoms with Crippen LogP contribution in [0.15, 0.2) is 12.2 Å². The second-order valence-electron chi connectivity index (χ2n) is 3.74. The molecule has 0 saturated carbocycles. The Morgan fingerprint density at radius 2 is 2.38 bits per heavy atom. The molecule has 2 atom stereocenters. The van der Waals surface area contributed by atoms with Gasteiger partial charge in [-0.2, -0.15) is 11.8 Å². The summed E-state index contributed by atoms with van der Waals surface area (Å²) in [5, 5.41) is 3.35. The van der Waals surface area contributed by atoms with Gasteiger partial charge in [-0.15, -0.1) is 0 Å². The van der Waals surface area contributed by atoms with Gasteiger partial charge in [-0.05, 0) is 21.0 Å². The largest absolute Gasteiger partial charge is 0.312 e. The van der Waals surface area contributed by atoms with Gasteiger partial charge in [0.15, 0.2) is 0 Å². The second-order valence-corrected chi connectivity index (χ2v) is 4.89. The summed E-state index contributed by atoms with van der Waals surface area (Å²) >= 11 is 2.05. The van der Waals surface area contributed by atoms with E-state index in [0.717, 1.165) is 0 Å². The van der Waals surface area contributed by atoms with E-state index in [9.17, 15) is 0 Å². The lowest BCUT2D eigenvalue weighted by atomic mass is 10.0. The average Bonchev–Trinajstić information content (AvgIpc) is 2.09. The van der Waals surface area contributed by atoms with Crippen LogP contribution in [-0.4, -0.2) is 49.1 Å². The van der Waals surface area contributed by atoms with E-state index < -0.39 is 0 Å². The maximum atomic E-state index is 4.04. The summed E-state index contributed by atoms with van der Waals surface area (Å²) in [6, 6.07) is 1.05. The van der Waals surface area contributed by atoms with Crippen molar-refractivity contribution in [3.05, 3.63) is 12.2 Å². The van der Waals surface area contributed by atoms with Crippen molar-refractivity contribution in [3.63, 3.8) is 0 Å². The second kappa shape index (κ2) is 5.03. The van der Waals surface area contributed by atoms with Gasteiger partial charge >= 0.3 is 0 Å². The maximum absolute atomic E-state index is 4.04. The van der Waals surface area contributed by atoms with Crippen LogP contribution in [0.25, 0.3) is 0 Å². The Kier molecular flexibility index (Phi) is 4.29. The van der Waals surface area contributed by atoms with Gasteiger partial charge in [-0.25, -0.2) is 0 Å². The molecule has 1 rings (SSSR count). The molecule has 2 unspecified atom stereocenters. The molecule has 2 nitrogen and oxygen atoms in total. The highest BCUT2D eigenvalue weighted by atomic mass is 32.2. The molecular weight excluding hydrogens is 180 g/mol. The molecule has 0 bridgehead atoms. The van der Waals surface area contributed by atoms with Crippen LogP contribution in [0.5, 0.6) is 0 Å². The highest BCUT2D eigenvalue weighted by molar-refractivity contribution is 7.99. The molecule has 76 valence electrons. The van der Waals surface area contributed by atoms with Gasteiger partial charge < -0.3 is 5.32 Å². The minimum absolute atomic E-state index is 0.442. The van der Waals surface area contributed by atoms with E-state index in [1.807, 2.05) is 18.8 Å². The highest BCUT2D eigenvalue weighted by Crippen LogP contribution is 2.19. The van der Waals surface area contributed by atoms with Crippen molar-refractivity contribution in [2.45, 2.75) is 19.0 Å². The first-order chi connectivity index (χ1) is 6.16. The third-order valence-corrected chi connectivity index (χ3v) is 3.72. The van der Waals surface area contributed by atoms with Crippen LogP contribution >= 0.6 is 11.8 Å². The highest BCUT2D eigenvalue weighted by Gasteiger charge is 2.26. The molecule has 0 radical (unpaired) electrons.